The van der Waals surface area contributed by atoms with E-state index in [0.29, 0.717) is 53.5 Å². The summed E-state index contributed by atoms with van der Waals surface area (Å²) in [7, 11) is 1.22. The van der Waals surface area contributed by atoms with Gasteiger partial charge in [0.1, 0.15) is 35.9 Å². The van der Waals surface area contributed by atoms with Crippen molar-refractivity contribution in [2.24, 2.45) is 0 Å². The van der Waals surface area contributed by atoms with E-state index in [1.807, 2.05) is 6.07 Å². The Bertz CT molecular complexity index is 1560. The molecule has 1 aliphatic rings. The maximum absolute atomic E-state index is 13.7. The Labute approximate surface area is 215 Å². The molecule has 3 N–H and O–H groups in total. The molecule has 1 atom stereocenters. The van der Waals surface area contributed by atoms with Crippen molar-refractivity contribution < 1.29 is 23.4 Å². The molecule has 1 aliphatic heterocycles. The highest BCUT2D eigenvalue weighted by Gasteiger charge is 2.26. The number of nitriles is 1. The molecule has 188 valence electrons. The molecule has 37 heavy (non-hydrogen) atoms. The van der Waals surface area contributed by atoms with E-state index in [-0.39, 0.29) is 28.1 Å². The lowest BCUT2D eigenvalue weighted by molar-refractivity contribution is 0.0593. The van der Waals surface area contributed by atoms with Gasteiger partial charge in [-0.05, 0) is 24.3 Å². The molecule has 3 heterocycles. The summed E-state index contributed by atoms with van der Waals surface area (Å²) in [5.41, 5.74) is 7.62. The van der Waals surface area contributed by atoms with E-state index in [1.54, 1.807) is 12.1 Å². The van der Waals surface area contributed by atoms with Crippen molar-refractivity contribution in [3.63, 3.8) is 0 Å². The van der Waals surface area contributed by atoms with Crippen molar-refractivity contribution in [2.45, 2.75) is 12.5 Å². The van der Waals surface area contributed by atoms with Crippen LogP contribution >= 0.6 is 11.6 Å². The number of esters is 1. The minimum Gasteiger partial charge on any atom is -0.486 e. The Morgan fingerprint density at radius 3 is 2.89 bits per heavy atom. The number of nitrogens with one attached hydrogen (secondary N) is 1. The van der Waals surface area contributed by atoms with Gasteiger partial charge in [0.25, 0.3) is 0 Å². The number of fused-ring (bicyclic) bond motifs is 1. The van der Waals surface area contributed by atoms with Crippen LogP contribution in [0.4, 0.5) is 21.6 Å². The van der Waals surface area contributed by atoms with Crippen molar-refractivity contribution in [3.05, 3.63) is 65.0 Å². The number of rotatable bonds is 6. The van der Waals surface area contributed by atoms with Crippen LogP contribution in [-0.2, 0) is 9.47 Å². The molecule has 0 amide bonds. The third-order valence-corrected chi connectivity index (χ3v) is 6.17. The lowest BCUT2D eigenvalue weighted by atomic mass is 10.1. The lowest BCUT2D eigenvalue weighted by Crippen LogP contribution is -2.18. The van der Waals surface area contributed by atoms with Crippen molar-refractivity contribution in [1.82, 2.24) is 14.5 Å². The number of benzene rings is 2. The number of methoxy groups -OCH3 is 1. The first-order valence-corrected chi connectivity index (χ1v) is 11.5. The molecule has 5 rings (SSSR count). The Morgan fingerprint density at radius 1 is 1.35 bits per heavy atom. The molecule has 4 aromatic rings. The van der Waals surface area contributed by atoms with Gasteiger partial charge in [-0.1, -0.05) is 11.6 Å². The molecule has 1 unspecified atom stereocenters. The van der Waals surface area contributed by atoms with Gasteiger partial charge in [0.2, 0.25) is 0 Å². The minimum absolute atomic E-state index is 0.0202. The number of nitrogen functional groups attached to an aromatic ring is 1. The molecule has 1 saturated heterocycles. The van der Waals surface area contributed by atoms with Crippen LogP contribution in [0.25, 0.3) is 16.6 Å². The first kappa shape index (κ1) is 24.3. The fraction of sp³-hybridized carbons (Fsp3) is 0.200. The first-order chi connectivity index (χ1) is 17.9. The van der Waals surface area contributed by atoms with Crippen LogP contribution in [0, 0.1) is 17.1 Å². The Kier molecular flexibility index (Phi) is 6.52. The third-order valence-electron chi connectivity index (χ3n) is 5.88. The number of carbonyl (C=O) groups is 1. The number of halogens is 2. The predicted molar refractivity (Wildman–Crippen MR) is 134 cm³/mol. The van der Waals surface area contributed by atoms with Crippen LogP contribution in [0.15, 0.2) is 42.9 Å². The second kappa shape index (κ2) is 9.93. The summed E-state index contributed by atoms with van der Waals surface area (Å²) in [6.07, 6.45) is 3.28. The molecular formula is C25H20ClFN6O4. The molecule has 0 spiro atoms. The van der Waals surface area contributed by atoms with Crippen LogP contribution in [0.1, 0.15) is 22.5 Å². The Hall–Kier alpha value is -4.40. The SMILES string of the molecule is COC(=O)c1c(N)c(C#N)cn1-c1cc2c(Nc3ccc(F)c(Cl)c3)ncnc2cc1OC1CCOC1. The quantitative estimate of drug-likeness (QED) is 0.353. The van der Waals surface area contributed by atoms with Crippen molar-refractivity contribution >= 4 is 45.7 Å². The molecule has 1 fully saturated rings. The molecule has 12 heteroatoms. The zero-order valence-electron chi connectivity index (χ0n) is 19.5. The molecular weight excluding hydrogens is 503 g/mol. The van der Waals surface area contributed by atoms with Gasteiger partial charge in [-0.15, -0.1) is 0 Å². The van der Waals surface area contributed by atoms with Crippen molar-refractivity contribution in [3.8, 4) is 17.5 Å². The number of carbonyl (C=O) groups excluding carboxylic acids is 1. The van der Waals surface area contributed by atoms with Crippen LogP contribution in [-0.4, -0.2) is 46.9 Å². The fourth-order valence-electron chi connectivity index (χ4n) is 4.06. The molecule has 0 radical (unpaired) electrons. The van der Waals surface area contributed by atoms with Gasteiger partial charge in [0, 0.05) is 29.8 Å². The number of nitrogens with two attached hydrogens (primary N) is 1. The summed E-state index contributed by atoms with van der Waals surface area (Å²) >= 11 is 5.94. The Balaban J connectivity index is 1.71. The predicted octanol–water partition coefficient (Wildman–Crippen LogP) is 4.36. The number of anilines is 3. The standard InChI is InChI=1S/C25H20ClFN6O4/c1-35-25(34)23-22(29)13(9-28)10-33(23)20-7-16-19(8-21(20)37-15-4-5-36-11-15)30-12-31-24(16)32-14-2-3-18(27)17(26)6-14/h2-3,6-8,10,12,15H,4-5,11,29H2,1H3,(H,30,31,32). The van der Waals surface area contributed by atoms with Gasteiger partial charge in [-0.25, -0.2) is 19.2 Å². The van der Waals surface area contributed by atoms with Gasteiger partial charge < -0.3 is 29.8 Å². The van der Waals surface area contributed by atoms with Gasteiger partial charge >= 0.3 is 5.97 Å². The first-order valence-electron chi connectivity index (χ1n) is 11.1. The van der Waals surface area contributed by atoms with E-state index in [4.69, 9.17) is 31.5 Å². The average Bonchev–Trinajstić information content (AvgIpc) is 3.53. The van der Waals surface area contributed by atoms with E-state index >= 15 is 0 Å². The normalized spacial score (nSPS) is 14.9. The van der Waals surface area contributed by atoms with Gasteiger partial charge in [0.15, 0.2) is 5.69 Å². The van der Waals surface area contributed by atoms with Crippen molar-refractivity contribution in [1.29, 1.82) is 5.26 Å². The fourth-order valence-corrected chi connectivity index (χ4v) is 4.24. The molecule has 10 nitrogen and oxygen atoms in total. The lowest BCUT2D eigenvalue weighted by Gasteiger charge is -2.19. The van der Waals surface area contributed by atoms with E-state index < -0.39 is 11.8 Å². The largest absolute Gasteiger partial charge is 0.486 e. The summed E-state index contributed by atoms with van der Waals surface area (Å²) in [6, 6.07) is 9.61. The maximum Gasteiger partial charge on any atom is 0.357 e. The maximum atomic E-state index is 13.7. The van der Waals surface area contributed by atoms with Gasteiger partial charge in [0.05, 0.1) is 47.8 Å². The highest BCUT2D eigenvalue weighted by atomic mass is 35.5. The van der Waals surface area contributed by atoms with Crippen LogP contribution in [0.5, 0.6) is 5.75 Å². The molecule has 2 aromatic heterocycles. The number of aromatic nitrogens is 3. The monoisotopic (exact) mass is 522 g/mol. The molecule has 2 aromatic carbocycles. The smallest absolute Gasteiger partial charge is 0.357 e. The summed E-state index contributed by atoms with van der Waals surface area (Å²) < 4.78 is 31.7. The minimum atomic E-state index is -0.724. The van der Waals surface area contributed by atoms with Crippen molar-refractivity contribution in [2.75, 3.05) is 31.4 Å². The number of ether oxygens (including phenoxy) is 3. The highest BCUT2D eigenvalue weighted by Crippen LogP contribution is 2.36. The zero-order chi connectivity index (χ0) is 26.1. The second-order valence-corrected chi connectivity index (χ2v) is 8.60. The molecule has 0 saturated carbocycles. The van der Waals surface area contributed by atoms with Crippen LogP contribution in [0.2, 0.25) is 5.02 Å². The molecule has 0 bridgehead atoms. The van der Waals surface area contributed by atoms with E-state index in [1.165, 1.54) is 42.4 Å². The Morgan fingerprint density at radius 2 is 2.19 bits per heavy atom. The summed E-state index contributed by atoms with van der Waals surface area (Å²) in [5, 5.41) is 13.2. The number of nitrogens with zero attached hydrogens (tertiary/aromatic N) is 4. The topological polar surface area (TPSA) is 137 Å². The van der Waals surface area contributed by atoms with Crippen LogP contribution < -0.4 is 15.8 Å². The summed E-state index contributed by atoms with van der Waals surface area (Å²) in [5.74, 6) is -0.488. The third kappa shape index (κ3) is 4.60. The van der Waals surface area contributed by atoms with E-state index in [9.17, 15) is 14.4 Å². The van der Waals surface area contributed by atoms with Crippen LogP contribution in [0.3, 0.4) is 0 Å². The number of hydrogen-bond acceptors (Lipinski definition) is 9. The molecule has 0 aliphatic carbocycles. The van der Waals surface area contributed by atoms with E-state index in [2.05, 4.69) is 15.3 Å². The summed E-state index contributed by atoms with van der Waals surface area (Å²) in [4.78, 5) is 21.4. The second-order valence-electron chi connectivity index (χ2n) is 8.20. The van der Waals surface area contributed by atoms with Gasteiger partial charge in [-0.2, -0.15) is 5.26 Å². The van der Waals surface area contributed by atoms with E-state index in [0.717, 1.165) is 0 Å². The zero-order valence-corrected chi connectivity index (χ0v) is 20.3. The highest BCUT2D eigenvalue weighted by molar-refractivity contribution is 6.31. The van der Waals surface area contributed by atoms with Gasteiger partial charge in [-0.3, -0.25) is 0 Å². The number of hydrogen-bond donors (Lipinski definition) is 2. The summed E-state index contributed by atoms with van der Waals surface area (Å²) in [6.45, 7) is 0.965. The average molecular weight is 523 g/mol.